The van der Waals surface area contributed by atoms with Gasteiger partial charge in [-0.3, -0.25) is 19.7 Å². The topological polar surface area (TPSA) is 96.9 Å². The average Bonchev–Trinajstić information content (AvgIpc) is 3.26. The summed E-state index contributed by atoms with van der Waals surface area (Å²) in [5, 5.41) is 11.0. The van der Waals surface area contributed by atoms with Gasteiger partial charge in [0.25, 0.3) is 11.6 Å². The van der Waals surface area contributed by atoms with Crippen LogP contribution in [0.3, 0.4) is 0 Å². The molecule has 1 aromatic carbocycles. The Labute approximate surface area is 162 Å². The Morgan fingerprint density at radius 1 is 1.25 bits per heavy atom. The maximum absolute atomic E-state index is 12.9. The third-order valence-corrected chi connectivity index (χ3v) is 5.36. The van der Waals surface area contributed by atoms with Crippen molar-refractivity contribution in [3.8, 4) is 0 Å². The van der Waals surface area contributed by atoms with Gasteiger partial charge in [-0.05, 0) is 37.5 Å². The minimum absolute atomic E-state index is 0.00921. The van der Waals surface area contributed by atoms with E-state index >= 15 is 0 Å². The fourth-order valence-electron chi connectivity index (χ4n) is 3.49. The second-order valence-electron chi connectivity index (χ2n) is 7.02. The van der Waals surface area contributed by atoms with Crippen molar-refractivity contribution in [2.24, 2.45) is 5.92 Å². The van der Waals surface area contributed by atoms with Gasteiger partial charge in [-0.15, -0.1) is 0 Å². The van der Waals surface area contributed by atoms with Crippen LogP contribution in [0.1, 0.15) is 41.9 Å². The quantitative estimate of drug-likeness (QED) is 0.581. The molecule has 8 nitrogen and oxygen atoms in total. The third kappa shape index (κ3) is 4.05. The Bertz CT molecular complexity index is 856. The Morgan fingerprint density at radius 3 is 2.57 bits per heavy atom. The summed E-state index contributed by atoms with van der Waals surface area (Å²) in [5.74, 6) is -0.0358. The molecule has 1 saturated heterocycles. The molecule has 0 bridgehead atoms. The normalized spacial score (nSPS) is 15.9. The molecule has 1 aliphatic rings. The van der Waals surface area contributed by atoms with Gasteiger partial charge in [-0.2, -0.15) is 0 Å². The van der Waals surface area contributed by atoms with Crippen LogP contribution >= 0.6 is 0 Å². The summed E-state index contributed by atoms with van der Waals surface area (Å²) < 4.78 is 5.15. The van der Waals surface area contributed by atoms with Crippen LogP contribution in [0.4, 0.5) is 5.69 Å². The number of nitrogens with zero attached hydrogens (tertiary/aromatic N) is 3. The highest BCUT2D eigenvalue weighted by Crippen LogP contribution is 2.27. The number of non-ortho nitro benzene ring substituents is 1. The SMILES string of the molecule is CC(c1cccc([N+](=O)[O-])c1)N(C)C(=O)C1CCN(C(=O)c2ccco2)CC1. The van der Waals surface area contributed by atoms with Crippen LogP contribution in [-0.2, 0) is 4.79 Å². The molecule has 0 N–H and O–H groups in total. The first kappa shape index (κ1) is 19.6. The van der Waals surface area contributed by atoms with E-state index in [0.717, 1.165) is 5.56 Å². The molecular weight excluding hydrogens is 362 g/mol. The predicted molar refractivity (Wildman–Crippen MR) is 102 cm³/mol. The second-order valence-corrected chi connectivity index (χ2v) is 7.02. The molecule has 0 spiro atoms. The van der Waals surface area contributed by atoms with Gasteiger partial charge < -0.3 is 14.2 Å². The first-order valence-corrected chi connectivity index (χ1v) is 9.22. The van der Waals surface area contributed by atoms with E-state index in [0.29, 0.717) is 31.7 Å². The summed E-state index contributed by atoms with van der Waals surface area (Å²) >= 11 is 0. The standard InChI is InChI=1S/C20H23N3O5/c1-14(16-5-3-6-17(13-16)23(26)27)21(2)19(24)15-8-10-22(11-9-15)20(25)18-7-4-12-28-18/h3-7,12-15H,8-11H2,1-2H3. The van der Waals surface area contributed by atoms with Crippen molar-refractivity contribution in [1.82, 2.24) is 9.80 Å². The van der Waals surface area contributed by atoms with Crippen molar-refractivity contribution in [1.29, 1.82) is 0 Å². The zero-order valence-corrected chi connectivity index (χ0v) is 15.9. The molecule has 3 rings (SSSR count). The lowest BCUT2D eigenvalue weighted by atomic mass is 9.94. The average molecular weight is 385 g/mol. The molecule has 1 aromatic heterocycles. The number of amides is 2. The van der Waals surface area contributed by atoms with Crippen LogP contribution in [0.15, 0.2) is 47.1 Å². The fourth-order valence-corrected chi connectivity index (χ4v) is 3.49. The molecule has 8 heteroatoms. The highest BCUT2D eigenvalue weighted by molar-refractivity contribution is 5.91. The maximum atomic E-state index is 12.9. The van der Waals surface area contributed by atoms with E-state index in [2.05, 4.69) is 0 Å². The summed E-state index contributed by atoms with van der Waals surface area (Å²) in [4.78, 5) is 39.1. The van der Waals surface area contributed by atoms with Gasteiger partial charge in [0.05, 0.1) is 17.2 Å². The van der Waals surface area contributed by atoms with Gasteiger partial charge in [0.15, 0.2) is 5.76 Å². The number of furan rings is 1. The second kappa shape index (κ2) is 8.24. The van der Waals surface area contributed by atoms with Crippen molar-refractivity contribution in [3.63, 3.8) is 0 Å². The Balaban J connectivity index is 1.60. The molecule has 1 fully saturated rings. The van der Waals surface area contributed by atoms with E-state index < -0.39 is 4.92 Å². The number of piperidine rings is 1. The molecule has 148 valence electrons. The van der Waals surface area contributed by atoms with E-state index in [1.54, 1.807) is 41.1 Å². The Morgan fingerprint density at radius 2 is 1.96 bits per heavy atom. The van der Waals surface area contributed by atoms with Crippen molar-refractivity contribution in [2.45, 2.75) is 25.8 Å². The van der Waals surface area contributed by atoms with E-state index in [-0.39, 0.29) is 29.5 Å². The minimum Gasteiger partial charge on any atom is -0.459 e. The Hall–Kier alpha value is -3.16. The van der Waals surface area contributed by atoms with Crippen LogP contribution in [-0.4, -0.2) is 46.7 Å². The molecule has 28 heavy (non-hydrogen) atoms. The van der Waals surface area contributed by atoms with Crippen LogP contribution in [0.2, 0.25) is 0 Å². The molecule has 1 unspecified atom stereocenters. The van der Waals surface area contributed by atoms with Crippen LogP contribution in [0, 0.1) is 16.0 Å². The zero-order valence-electron chi connectivity index (χ0n) is 15.9. The van der Waals surface area contributed by atoms with Gasteiger partial charge in [-0.25, -0.2) is 0 Å². The van der Waals surface area contributed by atoms with E-state index in [1.165, 1.54) is 18.4 Å². The van der Waals surface area contributed by atoms with Gasteiger partial charge in [-0.1, -0.05) is 12.1 Å². The lowest BCUT2D eigenvalue weighted by molar-refractivity contribution is -0.384. The molecule has 2 aromatic rings. The van der Waals surface area contributed by atoms with Gasteiger partial charge in [0.1, 0.15) is 0 Å². The molecule has 1 aliphatic heterocycles. The molecule has 0 saturated carbocycles. The lowest BCUT2D eigenvalue weighted by Gasteiger charge is -2.34. The number of nitro benzene ring substituents is 1. The van der Waals surface area contributed by atoms with Gasteiger partial charge in [0.2, 0.25) is 5.91 Å². The number of nitro groups is 1. The number of benzene rings is 1. The third-order valence-electron chi connectivity index (χ3n) is 5.36. The van der Waals surface area contributed by atoms with Crippen LogP contribution < -0.4 is 0 Å². The van der Waals surface area contributed by atoms with E-state index in [9.17, 15) is 19.7 Å². The number of likely N-dealkylation sites (tertiary alicyclic amines) is 1. The first-order valence-electron chi connectivity index (χ1n) is 9.22. The summed E-state index contributed by atoms with van der Waals surface area (Å²) in [6.07, 6.45) is 2.63. The monoisotopic (exact) mass is 385 g/mol. The number of carbonyl (C=O) groups excluding carboxylic acids is 2. The smallest absolute Gasteiger partial charge is 0.289 e. The summed E-state index contributed by atoms with van der Waals surface area (Å²) in [6.45, 7) is 2.84. The number of hydrogen-bond acceptors (Lipinski definition) is 5. The van der Waals surface area contributed by atoms with Crippen molar-refractivity contribution >= 4 is 17.5 Å². The zero-order chi connectivity index (χ0) is 20.3. The van der Waals surface area contributed by atoms with Gasteiger partial charge in [0, 0.05) is 38.2 Å². The summed E-state index contributed by atoms with van der Waals surface area (Å²) in [6, 6.07) is 9.37. The molecular formula is C20H23N3O5. The molecule has 1 atom stereocenters. The number of rotatable bonds is 5. The largest absolute Gasteiger partial charge is 0.459 e. The highest BCUT2D eigenvalue weighted by atomic mass is 16.6. The van der Waals surface area contributed by atoms with E-state index in [1.807, 2.05) is 6.92 Å². The molecule has 0 aliphatic carbocycles. The summed E-state index contributed by atoms with van der Waals surface area (Å²) in [5.41, 5.74) is 0.727. The maximum Gasteiger partial charge on any atom is 0.289 e. The summed E-state index contributed by atoms with van der Waals surface area (Å²) in [7, 11) is 1.71. The van der Waals surface area contributed by atoms with Crippen LogP contribution in [0.5, 0.6) is 0 Å². The molecule has 2 heterocycles. The fraction of sp³-hybridized carbons (Fsp3) is 0.400. The minimum atomic E-state index is -0.441. The molecule has 2 amide bonds. The Kier molecular flexibility index (Phi) is 5.77. The van der Waals surface area contributed by atoms with Crippen molar-refractivity contribution < 1.29 is 18.9 Å². The predicted octanol–water partition coefficient (Wildman–Crippen LogP) is 3.26. The van der Waals surface area contributed by atoms with Crippen molar-refractivity contribution in [2.75, 3.05) is 20.1 Å². The number of carbonyl (C=O) groups is 2. The lowest BCUT2D eigenvalue weighted by Crippen LogP contribution is -2.44. The van der Waals surface area contributed by atoms with E-state index in [4.69, 9.17) is 4.42 Å². The highest BCUT2D eigenvalue weighted by Gasteiger charge is 2.32. The van der Waals surface area contributed by atoms with Crippen LogP contribution in [0.25, 0.3) is 0 Å². The van der Waals surface area contributed by atoms with Gasteiger partial charge >= 0.3 is 0 Å². The van der Waals surface area contributed by atoms with Crippen molar-refractivity contribution in [3.05, 3.63) is 64.1 Å². The molecule has 0 radical (unpaired) electrons. The first-order chi connectivity index (χ1) is 13.4. The number of hydrogen-bond donors (Lipinski definition) is 0.